The van der Waals surface area contributed by atoms with Crippen molar-refractivity contribution in [3.05, 3.63) is 41.3 Å². The highest BCUT2D eigenvalue weighted by atomic mass is 35.5. The van der Waals surface area contributed by atoms with Crippen molar-refractivity contribution in [2.24, 2.45) is 0 Å². The zero-order valence-electron chi connectivity index (χ0n) is 10.0. The molecule has 0 aliphatic carbocycles. The Balaban J connectivity index is 2.12. The quantitative estimate of drug-likeness (QED) is 0.638. The molecule has 1 unspecified atom stereocenters. The summed E-state index contributed by atoms with van der Waals surface area (Å²) in [6.45, 7) is 3.03. The van der Waals surface area contributed by atoms with Crippen LogP contribution in [0.4, 0.5) is 0 Å². The first-order valence-corrected chi connectivity index (χ1v) is 6.55. The number of nitrogens with one attached hydrogen (secondary N) is 2. The molecule has 2 heterocycles. The summed E-state index contributed by atoms with van der Waals surface area (Å²) in [5.41, 5.74) is 3.84. The average Bonchev–Trinajstić information content (AvgIpc) is 2.81. The van der Waals surface area contributed by atoms with E-state index in [-0.39, 0.29) is 0 Å². The van der Waals surface area contributed by atoms with Crippen LogP contribution in [0.3, 0.4) is 0 Å². The lowest BCUT2D eigenvalue weighted by Crippen LogP contribution is -2.36. The maximum absolute atomic E-state index is 5.70. The van der Waals surface area contributed by atoms with Gasteiger partial charge in [-0.3, -0.25) is 5.10 Å². The van der Waals surface area contributed by atoms with Crippen molar-refractivity contribution in [3.8, 4) is 0 Å². The van der Waals surface area contributed by atoms with Crippen LogP contribution in [-0.4, -0.2) is 22.1 Å². The lowest BCUT2D eigenvalue weighted by molar-refractivity contribution is 0.533. The highest BCUT2D eigenvalue weighted by Gasteiger charge is 2.20. The summed E-state index contributed by atoms with van der Waals surface area (Å²) in [7, 11) is 0. The molecule has 0 saturated heterocycles. The van der Waals surface area contributed by atoms with Gasteiger partial charge >= 0.3 is 0 Å². The maximum atomic E-state index is 5.70. The summed E-state index contributed by atoms with van der Waals surface area (Å²) in [5.74, 6) is 0.559. The predicted molar refractivity (Wildman–Crippen MR) is 71.2 cm³/mol. The van der Waals surface area contributed by atoms with E-state index in [0.29, 0.717) is 11.9 Å². The Labute approximate surface area is 107 Å². The van der Waals surface area contributed by atoms with E-state index in [1.54, 1.807) is 0 Å². The van der Waals surface area contributed by atoms with Gasteiger partial charge in [0.1, 0.15) is 0 Å². The Morgan fingerprint density at radius 2 is 2.53 bits per heavy atom. The van der Waals surface area contributed by atoms with Crippen LogP contribution in [0.1, 0.15) is 24.6 Å². The first-order chi connectivity index (χ1) is 8.35. The minimum absolute atomic E-state index is 0.363. The van der Waals surface area contributed by atoms with Crippen LogP contribution < -0.4 is 5.32 Å². The van der Waals surface area contributed by atoms with Crippen LogP contribution in [0, 0.1) is 0 Å². The Morgan fingerprint density at radius 3 is 3.29 bits per heavy atom. The third-order valence-electron chi connectivity index (χ3n) is 3.00. The number of nitrogens with zero attached hydrogens (tertiary/aromatic N) is 1. The number of hydrogen-bond acceptors (Lipinski definition) is 2. The Morgan fingerprint density at radius 1 is 1.65 bits per heavy atom. The monoisotopic (exact) mass is 251 g/mol. The molecule has 0 amide bonds. The van der Waals surface area contributed by atoms with Gasteiger partial charge < -0.3 is 5.32 Å². The average molecular weight is 252 g/mol. The molecular weight excluding hydrogens is 234 g/mol. The van der Waals surface area contributed by atoms with Crippen molar-refractivity contribution in [3.63, 3.8) is 0 Å². The predicted octanol–water partition coefficient (Wildman–Crippen LogP) is 2.56. The maximum Gasteiger partial charge on any atom is 0.0535 e. The topological polar surface area (TPSA) is 40.7 Å². The van der Waals surface area contributed by atoms with Gasteiger partial charge in [-0.2, -0.15) is 5.10 Å². The minimum atomic E-state index is 0.363. The zero-order chi connectivity index (χ0) is 12.1. The van der Waals surface area contributed by atoms with E-state index in [1.807, 2.05) is 12.3 Å². The summed E-state index contributed by atoms with van der Waals surface area (Å²) in [4.78, 5) is 0. The summed E-state index contributed by atoms with van der Waals surface area (Å²) < 4.78 is 0. The Bertz CT molecular complexity index is 420. The lowest BCUT2D eigenvalue weighted by atomic mass is 9.95. The molecule has 1 aliphatic rings. The Hall–Kier alpha value is -1.06. The SMILES string of the molecule is CC/C=C(\C=C/CCl)C1Cc2[nH]ncc2CN1. The molecule has 1 atom stereocenters. The summed E-state index contributed by atoms with van der Waals surface area (Å²) >= 11 is 5.70. The van der Waals surface area contributed by atoms with Gasteiger partial charge in [-0.1, -0.05) is 25.2 Å². The third-order valence-corrected chi connectivity index (χ3v) is 3.17. The van der Waals surface area contributed by atoms with Crippen molar-refractivity contribution < 1.29 is 0 Å². The number of hydrogen-bond donors (Lipinski definition) is 2. The largest absolute Gasteiger partial charge is 0.305 e. The molecule has 0 radical (unpaired) electrons. The zero-order valence-corrected chi connectivity index (χ0v) is 10.8. The van der Waals surface area contributed by atoms with Crippen LogP contribution in [0.5, 0.6) is 0 Å². The number of fused-ring (bicyclic) bond motifs is 1. The van der Waals surface area contributed by atoms with Crippen molar-refractivity contribution in [2.75, 3.05) is 5.88 Å². The fourth-order valence-corrected chi connectivity index (χ4v) is 2.24. The standard InChI is InChI=1S/C13H18ClN3/c1-2-4-10(5-3-6-14)12-7-13-11(8-15-12)9-16-17-13/h3-5,9,12,15H,2,6-8H2,1H3,(H,16,17)/b5-3-,10-4+. The number of alkyl halides is 1. The number of rotatable bonds is 4. The van der Waals surface area contributed by atoms with Crippen molar-refractivity contribution >= 4 is 11.6 Å². The van der Waals surface area contributed by atoms with Gasteiger partial charge in [0, 0.05) is 36.1 Å². The molecule has 4 heteroatoms. The van der Waals surface area contributed by atoms with Crippen LogP contribution in [0.25, 0.3) is 0 Å². The number of aromatic nitrogens is 2. The van der Waals surface area contributed by atoms with E-state index in [0.717, 1.165) is 19.4 Å². The van der Waals surface area contributed by atoms with Crippen LogP contribution in [0.15, 0.2) is 30.0 Å². The first-order valence-electron chi connectivity index (χ1n) is 6.02. The van der Waals surface area contributed by atoms with Crippen LogP contribution in [-0.2, 0) is 13.0 Å². The van der Waals surface area contributed by atoms with Crippen molar-refractivity contribution in [2.45, 2.75) is 32.4 Å². The van der Waals surface area contributed by atoms with Crippen molar-refractivity contribution in [1.29, 1.82) is 0 Å². The molecule has 0 saturated carbocycles. The lowest BCUT2D eigenvalue weighted by Gasteiger charge is -2.24. The first kappa shape index (κ1) is 12.4. The molecule has 92 valence electrons. The van der Waals surface area contributed by atoms with Crippen LogP contribution >= 0.6 is 11.6 Å². The second-order valence-electron chi connectivity index (χ2n) is 4.18. The normalized spacial score (nSPS) is 20.8. The van der Waals surface area contributed by atoms with Crippen LogP contribution in [0.2, 0.25) is 0 Å². The van der Waals surface area contributed by atoms with Gasteiger partial charge in [-0.05, 0) is 12.0 Å². The van der Waals surface area contributed by atoms with E-state index in [9.17, 15) is 0 Å². The molecule has 17 heavy (non-hydrogen) atoms. The van der Waals surface area contributed by atoms with E-state index < -0.39 is 0 Å². The van der Waals surface area contributed by atoms with E-state index in [4.69, 9.17) is 11.6 Å². The Kier molecular flexibility index (Phi) is 4.40. The van der Waals surface area contributed by atoms with Gasteiger partial charge in [-0.15, -0.1) is 11.6 Å². The van der Waals surface area contributed by atoms with Gasteiger partial charge in [0.05, 0.1) is 6.20 Å². The molecule has 0 spiro atoms. The third kappa shape index (κ3) is 2.99. The number of allylic oxidation sites excluding steroid dienone is 2. The van der Waals surface area contributed by atoms with Gasteiger partial charge in [0.2, 0.25) is 0 Å². The number of halogens is 1. The second kappa shape index (κ2) is 6.03. The summed E-state index contributed by atoms with van der Waals surface area (Å²) in [6, 6.07) is 0.363. The molecule has 1 aromatic heterocycles. The molecule has 0 aromatic carbocycles. The molecule has 2 rings (SSSR count). The summed E-state index contributed by atoms with van der Waals surface area (Å²) in [6.07, 6.45) is 10.3. The molecule has 0 fully saturated rings. The van der Waals surface area contributed by atoms with Gasteiger partial charge in [0.15, 0.2) is 0 Å². The van der Waals surface area contributed by atoms with E-state index >= 15 is 0 Å². The molecular formula is C13H18ClN3. The molecule has 1 aliphatic heterocycles. The summed E-state index contributed by atoms with van der Waals surface area (Å²) in [5, 5.41) is 10.7. The smallest absolute Gasteiger partial charge is 0.0535 e. The highest BCUT2D eigenvalue weighted by molar-refractivity contribution is 6.18. The van der Waals surface area contributed by atoms with E-state index in [2.05, 4.69) is 34.6 Å². The van der Waals surface area contributed by atoms with Crippen molar-refractivity contribution in [1.82, 2.24) is 15.5 Å². The molecule has 0 bridgehead atoms. The highest BCUT2D eigenvalue weighted by Crippen LogP contribution is 2.19. The fraction of sp³-hybridized carbons (Fsp3) is 0.462. The van der Waals surface area contributed by atoms with Gasteiger partial charge in [0.25, 0.3) is 0 Å². The second-order valence-corrected chi connectivity index (χ2v) is 4.49. The number of aromatic amines is 1. The van der Waals surface area contributed by atoms with E-state index in [1.165, 1.54) is 16.8 Å². The molecule has 1 aromatic rings. The minimum Gasteiger partial charge on any atom is -0.305 e. The molecule has 3 nitrogen and oxygen atoms in total. The molecule has 2 N–H and O–H groups in total. The fourth-order valence-electron chi connectivity index (χ4n) is 2.15. The number of H-pyrrole nitrogens is 1. The van der Waals surface area contributed by atoms with Gasteiger partial charge in [-0.25, -0.2) is 0 Å².